The van der Waals surface area contributed by atoms with E-state index in [1.165, 1.54) is 0 Å². The second-order valence-corrected chi connectivity index (χ2v) is 8.56. The fourth-order valence-electron chi connectivity index (χ4n) is 4.29. The van der Waals surface area contributed by atoms with Crippen LogP contribution in [0.15, 0.2) is 43.0 Å². The van der Waals surface area contributed by atoms with Crippen molar-refractivity contribution in [3.8, 4) is 6.07 Å². The third-order valence-electron chi connectivity index (χ3n) is 5.83. The summed E-state index contributed by atoms with van der Waals surface area (Å²) in [5.74, 6) is 1.41. The highest BCUT2D eigenvalue weighted by Crippen LogP contribution is 2.41. The van der Waals surface area contributed by atoms with E-state index in [0.29, 0.717) is 33.8 Å². The van der Waals surface area contributed by atoms with E-state index in [0.717, 1.165) is 41.9 Å². The first kappa shape index (κ1) is 23.1. The zero-order chi connectivity index (χ0) is 23.4. The maximum Gasteiger partial charge on any atom is 0.163 e. The summed E-state index contributed by atoms with van der Waals surface area (Å²) in [5.41, 5.74) is 3.41. The van der Waals surface area contributed by atoms with Crippen molar-refractivity contribution in [2.75, 3.05) is 5.32 Å². The number of nitriles is 1. The number of pyridine rings is 1. The number of benzene rings is 1. The number of anilines is 1. The van der Waals surface area contributed by atoms with Crippen LogP contribution >= 0.6 is 23.2 Å². The monoisotopic (exact) mass is 481 g/mol. The lowest BCUT2D eigenvalue weighted by Crippen LogP contribution is -2.07. The molecule has 0 unspecified atom stereocenters. The molecule has 2 atom stereocenters. The molecule has 5 rings (SSSR count). The molecule has 4 aromatic rings. The van der Waals surface area contributed by atoms with Crippen molar-refractivity contribution in [1.82, 2.24) is 24.5 Å². The zero-order valence-corrected chi connectivity index (χ0v) is 20.0. The fraction of sp³-hybridized carbons (Fsp3) is 0.333. The molecule has 1 saturated carbocycles. The third-order valence-corrected chi connectivity index (χ3v) is 6.43. The summed E-state index contributed by atoms with van der Waals surface area (Å²) in [6.45, 7) is 4.46. The standard InChI is InChI=1S/C22H19Cl2N7.C2H6/c23-15-2-4-18(24)14(7-15)11-28-19-9-16(10-25)30-22-20(19)29-12-31(22)17-3-1-13(8-17)21-26-5-6-27-21;1-2/h2,4-7,9,12-13,17H,1,3,8,11H2,(H,26,27)(H,28,30);1-2H3/t13-,17+;/m1./s1. The molecule has 0 radical (unpaired) electrons. The number of nitrogens with one attached hydrogen (secondary N) is 2. The molecule has 1 aromatic carbocycles. The molecule has 170 valence electrons. The molecule has 1 aliphatic rings. The molecule has 1 aliphatic carbocycles. The number of hydrogen-bond acceptors (Lipinski definition) is 5. The minimum Gasteiger partial charge on any atom is -0.379 e. The van der Waals surface area contributed by atoms with Crippen LogP contribution < -0.4 is 5.32 Å². The Balaban J connectivity index is 0.00000126. The molecule has 3 aromatic heterocycles. The van der Waals surface area contributed by atoms with Crippen molar-refractivity contribution in [3.63, 3.8) is 0 Å². The van der Waals surface area contributed by atoms with Crippen LogP contribution in [0.4, 0.5) is 5.69 Å². The lowest BCUT2D eigenvalue weighted by atomic mass is 10.1. The summed E-state index contributed by atoms with van der Waals surface area (Å²) in [7, 11) is 0. The SMILES string of the molecule is CC.N#Cc1cc(NCc2cc(Cl)ccc2Cl)c2ncn([C@H]3CC[C@@H](c4ncc[nH]4)C3)c2n1. The highest BCUT2D eigenvalue weighted by molar-refractivity contribution is 6.33. The van der Waals surface area contributed by atoms with Gasteiger partial charge in [0.2, 0.25) is 0 Å². The van der Waals surface area contributed by atoms with Crippen LogP contribution in [-0.4, -0.2) is 24.5 Å². The van der Waals surface area contributed by atoms with Crippen molar-refractivity contribution in [2.45, 2.75) is 51.6 Å². The van der Waals surface area contributed by atoms with E-state index >= 15 is 0 Å². The fourth-order valence-corrected chi connectivity index (χ4v) is 4.67. The van der Waals surface area contributed by atoms with Crippen molar-refractivity contribution in [1.29, 1.82) is 5.26 Å². The number of hydrogen-bond donors (Lipinski definition) is 2. The lowest BCUT2D eigenvalue weighted by Gasteiger charge is -2.14. The second kappa shape index (κ2) is 10.2. The van der Waals surface area contributed by atoms with Gasteiger partial charge in [0.05, 0.1) is 12.0 Å². The normalized spacial score (nSPS) is 17.4. The van der Waals surface area contributed by atoms with Crippen molar-refractivity contribution < 1.29 is 0 Å². The smallest absolute Gasteiger partial charge is 0.163 e. The molecule has 9 heteroatoms. The van der Waals surface area contributed by atoms with E-state index in [9.17, 15) is 5.26 Å². The molecule has 0 amide bonds. The lowest BCUT2D eigenvalue weighted by molar-refractivity contribution is 0.517. The van der Waals surface area contributed by atoms with Gasteiger partial charge in [-0.3, -0.25) is 0 Å². The van der Waals surface area contributed by atoms with Gasteiger partial charge >= 0.3 is 0 Å². The first-order valence-electron chi connectivity index (χ1n) is 11.1. The number of H-pyrrole nitrogens is 1. The van der Waals surface area contributed by atoms with Gasteiger partial charge in [0, 0.05) is 47.0 Å². The largest absolute Gasteiger partial charge is 0.379 e. The highest BCUT2D eigenvalue weighted by atomic mass is 35.5. The van der Waals surface area contributed by atoms with E-state index in [4.69, 9.17) is 23.2 Å². The minimum atomic E-state index is 0.261. The predicted molar refractivity (Wildman–Crippen MR) is 132 cm³/mol. The first-order chi connectivity index (χ1) is 16.1. The summed E-state index contributed by atoms with van der Waals surface area (Å²) in [6.07, 6.45) is 8.49. The van der Waals surface area contributed by atoms with Gasteiger partial charge < -0.3 is 14.9 Å². The number of halogens is 2. The summed E-state index contributed by atoms with van der Waals surface area (Å²) in [4.78, 5) is 16.8. The Kier molecular flexibility index (Phi) is 7.17. The summed E-state index contributed by atoms with van der Waals surface area (Å²) >= 11 is 12.4. The van der Waals surface area contributed by atoms with E-state index in [1.54, 1.807) is 24.4 Å². The van der Waals surface area contributed by atoms with Gasteiger partial charge in [-0.1, -0.05) is 37.0 Å². The quantitative estimate of drug-likeness (QED) is 0.340. The predicted octanol–water partition coefficient (Wildman–Crippen LogP) is 6.48. The number of aromatic amines is 1. The van der Waals surface area contributed by atoms with Crippen LogP contribution in [-0.2, 0) is 6.54 Å². The number of imidazole rings is 2. The van der Waals surface area contributed by atoms with Crippen LogP contribution in [0.3, 0.4) is 0 Å². The highest BCUT2D eigenvalue weighted by Gasteiger charge is 2.30. The Bertz CT molecular complexity index is 1270. The maximum absolute atomic E-state index is 9.53. The number of aromatic nitrogens is 5. The van der Waals surface area contributed by atoms with Gasteiger partial charge in [-0.25, -0.2) is 15.0 Å². The van der Waals surface area contributed by atoms with Crippen LogP contribution in [0.5, 0.6) is 0 Å². The van der Waals surface area contributed by atoms with E-state index < -0.39 is 0 Å². The molecule has 33 heavy (non-hydrogen) atoms. The molecular weight excluding hydrogens is 457 g/mol. The topological polar surface area (TPSA) is 95.2 Å². The van der Waals surface area contributed by atoms with Gasteiger partial charge in [-0.15, -0.1) is 0 Å². The zero-order valence-electron chi connectivity index (χ0n) is 18.5. The molecule has 0 bridgehead atoms. The molecule has 0 aliphatic heterocycles. The minimum absolute atomic E-state index is 0.261. The second-order valence-electron chi connectivity index (χ2n) is 7.72. The molecule has 2 N–H and O–H groups in total. The molecule has 0 saturated heterocycles. The average Bonchev–Trinajstić information content (AvgIpc) is 3.60. The summed E-state index contributed by atoms with van der Waals surface area (Å²) in [6, 6.07) is 9.50. The van der Waals surface area contributed by atoms with Crippen molar-refractivity contribution in [2.24, 2.45) is 0 Å². The third kappa shape index (κ3) is 4.82. The van der Waals surface area contributed by atoms with Crippen LogP contribution in [0.25, 0.3) is 11.2 Å². The van der Waals surface area contributed by atoms with E-state index in [-0.39, 0.29) is 6.04 Å². The van der Waals surface area contributed by atoms with Crippen LogP contribution in [0.1, 0.15) is 62.2 Å². The average molecular weight is 482 g/mol. The maximum atomic E-state index is 9.53. The van der Waals surface area contributed by atoms with Gasteiger partial charge in [-0.2, -0.15) is 5.26 Å². The summed E-state index contributed by atoms with van der Waals surface area (Å²) in [5, 5.41) is 14.1. The Labute approximate surface area is 202 Å². The molecular formula is C24H25Cl2N7. The van der Waals surface area contributed by atoms with E-state index in [2.05, 4.69) is 35.9 Å². The number of fused-ring (bicyclic) bond motifs is 1. The van der Waals surface area contributed by atoms with E-state index in [1.807, 2.05) is 32.4 Å². The summed E-state index contributed by atoms with van der Waals surface area (Å²) < 4.78 is 2.09. The Morgan fingerprint density at radius 2 is 2.06 bits per heavy atom. The number of rotatable bonds is 5. The van der Waals surface area contributed by atoms with Gasteiger partial charge in [-0.05, 0) is 43.0 Å². The van der Waals surface area contributed by atoms with Crippen LogP contribution in [0, 0.1) is 11.3 Å². The molecule has 0 spiro atoms. The Morgan fingerprint density at radius 3 is 2.82 bits per heavy atom. The molecule has 3 heterocycles. The molecule has 7 nitrogen and oxygen atoms in total. The number of nitrogens with zero attached hydrogens (tertiary/aromatic N) is 5. The Morgan fingerprint density at radius 1 is 1.21 bits per heavy atom. The van der Waals surface area contributed by atoms with Gasteiger partial charge in [0.25, 0.3) is 0 Å². The molecule has 1 fully saturated rings. The van der Waals surface area contributed by atoms with Crippen molar-refractivity contribution in [3.05, 3.63) is 70.1 Å². The van der Waals surface area contributed by atoms with Crippen LogP contribution in [0.2, 0.25) is 10.0 Å². The first-order valence-corrected chi connectivity index (χ1v) is 11.8. The van der Waals surface area contributed by atoms with Gasteiger partial charge in [0.1, 0.15) is 23.1 Å². The van der Waals surface area contributed by atoms with Crippen molar-refractivity contribution >= 4 is 40.1 Å². The Hall–Kier alpha value is -3.08. The van der Waals surface area contributed by atoms with Gasteiger partial charge in [0.15, 0.2) is 5.65 Å².